The zero-order valence-electron chi connectivity index (χ0n) is 14.4. The molecule has 1 aliphatic rings. The van der Waals surface area contributed by atoms with Crippen molar-refractivity contribution < 1.29 is 14.1 Å². The molecule has 1 atom stereocenters. The molecule has 1 saturated heterocycles. The number of unbranched alkanes of at least 4 members (excludes halogenated alkanes) is 1. The van der Waals surface area contributed by atoms with Crippen LogP contribution in [-0.4, -0.2) is 34.5 Å². The monoisotopic (exact) mass is 361 g/mol. The van der Waals surface area contributed by atoms with Gasteiger partial charge in [-0.3, -0.25) is 9.59 Å². The Morgan fingerprint density at radius 3 is 3.04 bits per heavy atom. The molecule has 0 aliphatic carbocycles. The zero-order chi connectivity index (χ0) is 17.6. The smallest absolute Gasteiger partial charge is 0.248 e. The van der Waals surface area contributed by atoms with Crippen LogP contribution in [0, 0.1) is 6.92 Å². The predicted molar refractivity (Wildman–Crippen MR) is 96.5 cm³/mol. The highest BCUT2D eigenvalue weighted by Gasteiger charge is 2.33. The third kappa shape index (κ3) is 4.69. The lowest BCUT2D eigenvalue weighted by Crippen LogP contribution is -2.43. The lowest BCUT2D eigenvalue weighted by molar-refractivity contribution is -0.136. The lowest BCUT2D eigenvalue weighted by atomic mass is 10.1. The third-order valence-corrected chi connectivity index (χ3v) is 5.34. The van der Waals surface area contributed by atoms with Gasteiger partial charge in [-0.15, -0.1) is 11.3 Å². The van der Waals surface area contributed by atoms with Crippen molar-refractivity contribution in [1.29, 1.82) is 0 Å². The molecule has 7 heteroatoms. The van der Waals surface area contributed by atoms with Gasteiger partial charge >= 0.3 is 0 Å². The van der Waals surface area contributed by atoms with Gasteiger partial charge in [0.15, 0.2) is 5.82 Å². The zero-order valence-corrected chi connectivity index (χ0v) is 15.2. The summed E-state index contributed by atoms with van der Waals surface area (Å²) in [5.41, 5.74) is 0. The first-order valence-electron chi connectivity index (χ1n) is 8.69. The van der Waals surface area contributed by atoms with Crippen molar-refractivity contribution in [2.45, 2.75) is 51.5 Å². The fourth-order valence-electron chi connectivity index (χ4n) is 3.15. The van der Waals surface area contributed by atoms with Gasteiger partial charge in [-0.05, 0) is 50.5 Å². The van der Waals surface area contributed by atoms with Gasteiger partial charge in [-0.25, -0.2) is 0 Å². The fourth-order valence-corrected chi connectivity index (χ4v) is 3.90. The van der Waals surface area contributed by atoms with Gasteiger partial charge in [0.1, 0.15) is 11.8 Å². The molecule has 0 saturated carbocycles. The summed E-state index contributed by atoms with van der Waals surface area (Å²) in [5, 5.41) is 8.59. The van der Waals surface area contributed by atoms with Gasteiger partial charge < -0.3 is 14.7 Å². The average molecular weight is 361 g/mol. The van der Waals surface area contributed by atoms with Crippen LogP contribution in [0.4, 0.5) is 5.82 Å². The van der Waals surface area contributed by atoms with Crippen LogP contribution in [0.1, 0.15) is 42.7 Å². The topological polar surface area (TPSA) is 75.4 Å². The van der Waals surface area contributed by atoms with Crippen LogP contribution in [0.25, 0.3) is 0 Å². The van der Waals surface area contributed by atoms with Crippen LogP contribution in [0.15, 0.2) is 28.1 Å². The summed E-state index contributed by atoms with van der Waals surface area (Å²) in [7, 11) is 0. The van der Waals surface area contributed by atoms with Crippen molar-refractivity contribution >= 4 is 29.0 Å². The van der Waals surface area contributed by atoms with Crippen molar-refractivity contribution in [3.05, 3.63) is 34.2 Å². The van der Waals surface area contributed by atoms with E-state index >= 15 is 0 Å². The van der Waals surface area contributed by atoms with Crippen molar-refractivity contribution in [2.24, 2.45) is 0 Å². The van der Waals surface area contributed by atoms with E-state index in [4.69, 9.17) is 4.52 Å². The molecule has 1 aliphatic heterocycles. The summed E-state index contributed by atoms with van der Waals surface area (Å²) in [6, 6.07) is 5.44. The number of nitrogens with zero attached hydrogens (tertiary/aromatic N) is 2. The van der Waals surface area contributed by atoms with Crippen LogP contribution in [0.2, 0.25) is 0 Å². The highest BCUT2D eigenvalue weighted by Crippen LogP contribution is 2.21. The second-order valence-electron chi connectivity index (χ2n) is 6.34. The summed E-state index contributed by atoms with van der Waals surface area (Å²) in [4.78, 5) is 28.0. The number of nitrogens with one attached hydrogen (secondary N) is 1. The number of aryl methyl sites for hydroxylation is 2. The summed E-state index contributed by atoms with van der Waals surface area (Å²) in [6.45, 7) is 2.42. The molecule has 2 aromatic heterocycles. The van der Waals surface area contributed by atoms with Gasteiger partial charge in [0.2, 0.25) is 11.8 Å². The number of aromatic nitrogens is 1. The Bertz CT molecular complexity index is 711. The molecule has 0 aromatic carbocycles. The maximum Gasteiger partial charge on any atom is 0.248 e. The number of likely N-dealkylation sites (tertiary alicyclic amines) is 1. The number of carbonyl (C=O) groups excluding carboxylic acids is 2. The first-order valence-corrected chi connectivity index (χ1v) is 9.57. The lowest BCUT2D eigenvalue weighted by Gasteiger charge is -2.23. The van der Waals surface area contributed by atoms with Crippen molar-refractivity contribution in [1.82, 2.24) is 10.1 Å². The molecule has 3 heterocycles. The van der Waals surface area contributed by atoms with E-state index in [2.05, 4.69) is 28.0 Å². The third-order valence-electron chi connectivity index (χ3n) is 4.40. The molecule has 134 valence electrons. The Morgan fingerprint density at radius 2 is 2.32 bits per heavy atom. The van der Waals surface area contributed by atoms with E-state index in [0.29, 0.717) is 31.0 Å². The standard InChI is InChI=1S/C18H23N3O3S/c1-13-12-16(20-24-13)19-18(23)15-8-4-10-21(15)17(22)9-3-2-6-14-7-5-11-25-14/h5,7,11-12,15H,2-4,6,8-10H2,1H3,(H,19,20,23)/t15-/m0/s1. The van der Waals surface area contributed by atoms with Gasteiger partial charge in [0.05, 0.1) is 0 Å². The van der Waals surface area contributed by atoms with E-state index in [9.17, 15) is 9.59 Å². The second-order valence-corrected chi connectivity index (χ2v) is 7.38. The number of hydrogen-bond acceptors (Lipinski definition) is 5. The van der Waals surface area contributed by atoms with Crippen molar-refractivity contribution in [3.63, 3.8) is 0 Å². The number of anilines is 1. The van der Waals surface area contributed by atoms with Gasteiger partial charge in [-0.2, -0.15) is 0 Å². The van der Waals surface area contributed by atoms with Crippen LogP contribution in [-0.2, 0) is 16.0 Å². The minimum absolute atomic E-state index is 0.0696. The van der Waals surface area contributed by atoms with Crippen molar-refractivity contribution in [3.8, 4) is 0 Å². The first-order chi connectivity index (χ1) is 12.1. The van der Waals surface area contributed by atoms with E-state index < -0.39 is 6.04 Å². The van der Waals surface area contributed by atoms with Gasteiger partial charge in [0, 0.05) is 23.9 Å². The Morgan fingerprint density at radius 1 is 1.44 bits per heavy atom. The largest absolute Gasteiger partial charge is 0.360 e. The minimum Gasteiger partial charge on any atom is -0.360 e. The second kappa shape index (κ2) is 8.29. The van der Waals surface area contributed by atoms with Crippen molar-refractivity contribution in [2.75, 3.05) is 11.9 Å². The molecule has 6 nitrogen and oxygen atoms in total. The fraction of sp³-hybridized carbons (Fsp3) is 0.500. The predicted octanol–water partition coefficient (Wildman–Crippen LogP) is 3.39. The molecule has 2 amide bonds. The van der Waals surface area contributed by atoms with E-state index in [1.807, 2.05) is 0 Å². The normalized spacial score (nSPS) is 17.0. The van der Waals surface area contributed by atoms with Crippen LogP contribution >= 0.6 is 11.3 Å². The van der Waals surface area contributed by atoms with Crippen LogP contribution < -0.4 is 5.32 Å². The summed E-state index contributed by atoms with van der Waals surface area (Å²) < 4.78 is 4.95. The number of thiophene rings is 1. The molecule has 0 unspecified atom stereocenters. The average Bonchev–Trinajstić information content (AvgIpc) is 3.33. The Kier molecular flexibility index (Phi) is 5.86. The van der Waals surface area contributed by atoms with E-state index in [-0.39, 0.29) is 11.8 Å². The van der Waals surface area contributed by atoms with Crippen LogP contribution in [0.3, 0.4) is 0 Å². The SMILES string of the molecule is Cc1cc(NC(=O)[C@@H]2CCCN2C(=O)CCCCc2cccs2)no1. The Hall–Kier alpha value is -2.15. The van der Waals surface area contributed by atoms with E-state index in [1.54, 1.807) is 29.2 Å². The van der Waals surface area contributed by atoms with E-state index in [1.165, 1.54) is 4.88 Å². The molecule has 1 N–H and O–H groups in total. The quantitative estimate of drug-likeness (QED) is 0.767. The van der Waals surface area contributed by atoms with Gasteiger partial charge in [0.25, 0.3) is 0 Å². The summed E-state index contributed by atoms with van der Waals surface area (Å²) in [6.07, 6.45) is 4.91. The highest BCUT2D eigenvalue weighted by molar-refractivity contribution is 7.09. The molecule has 0 spiro atoms. The molecule has 2 aromatic rings. The Labute approximate surface area is 151 Å². The first kappa shape index (κ1) is 17.7. The number of amides is 2. The molecule has 1 fully saturated rings. The van der Waals surface area contributed by atoms with Gasteiger partial charge in [-0.1, -0.05) is 11.2 Å². The summed E-state index contributed by atoms with van der Waals surface area (Å²) >= 11 is 1.75. The summed E-state index contributed by atoms with van der Waals surface area (Å²) in [5.74, 6) is 0.927. The maximum absolute atomic E-state index is 12.5. The van der Waals surface area contributed by atoms with E-state index in [0.717, 1.165) is 25.7 Å². The molecule has 0 radical (unpaired) electrons. The van der Waals surface area contributed by atoms with Crippen LogP contribution in [0.5, 0.6) is 0 Å². The molecule has 3 rings (SSSR count). The number of carbonyl (C=O) groups is 2. The number of rotatable bonds is 7. The molecular weight excluding hydrogens is 338 g/mol. The molecule has 0 bridgehead atoms. The Balaban J connectivity index is 1.46. The number of hydrogen-bond donors (Lipinski definition) is 1. The highest BCUT2D eigenvalue weighted by atomic mass is 32.1. The maximum atomic E-state index is 12.5. The molecule has 25 heavy (non-hydrogen) atoms. The molecular formula is C18H23N3O3S. The minimum atomic E-state index is -0.401.